The van der Waals surface area contributed by atoms with Crippen molar-refractivity contribution in [3.05, 3.63) is 33.8 Å². The van der Waals surface area contributed by atoms with Crippen molar-refractivity contribution in [3.8, 4) is 0 Å². The number of aromatic carboxylic acids is 1. The summed E-state index contributed by atoms with van der Waals surface area (Å²) in [4.78, 5) is 15.7. The number of benzene rings is 1. The van der Waals surface area contributed by atoms with Crippen LogP contribution in [-0.2, 0) is 6.54 Å². The van der Waals surface area contributed by atoms with Gasteiger partial charge in [0.25, 0.3) is 0 Å². The van der Waals surface area contributed by atoms with Gasteiger partial charge < -0.3 is 10.0 Å². The zero-order chi connectivity index (χ0) is 13.1. The summed E-state index contributed by atoms with van der Waals surface area (Å²) in [5, 5.41) is 9.08. The molecule has 1 N–H and O–H groups in total. The third-order valence-electron chi connectivity index (χ3n) is 3.26. The van der Waals surface area contributed by atoms with Crippen LogP contribution in [-0.4, -0.2) is 54.1 Å². The summed E-state index contributed by atoms with van der Waals surface area (Å²) in [5.41, 5.74) is 1.39. The summed E-state index contributed by atoms with van der Waals surface area (Å²) in [6.07, 6.45) is 0. The van der Waals surface area contributed by atoms with Gasteiger partial charge in [-0.05, 0) is 40.7 Å². The molecule has 0 radical (unpaired) electrons. The van der Waals surface area contributed by atoms with E-state index in [1.165, 1.54) is 0 Å². The lowest BCUT2D eigenvalue weighted by molar-refractivity contribution is 0.0695. The quantitative estimate of drug-likeness (QED) is 0.925. The Bertz CT molecular complexity index is 443. The van der Waals surface area contributed by atoms with E-state index >= 15 is 0 Å². The maximum absolute atomic E-state index is 11.1. The minimum absolute atomic E-state index is 0.335. The van der Waals surface area contributed by atoms with Crippen molar-refractivity contribution in [1.82, 2.24) is 9.80 Å². The van der Waals surface area contributed by atoms with E-state index < -0.39 is 5.97 Å². The molecule has 0 bridgehead atoms. The van der Waals surface area contributed by atoms with Crippen LogP contribution in [0.1, 0.15) is 15.9 Å². The zero-order valence-corrected chi connectivity index (χ0v) is 12.0. The van der Waals surface area contributed by atoms with E-state index in [4.69, 9.17) is 5.11 Å². The largest absolute Gasteiger partial charge is 0.478 e. The first-order valence-electron chi connectivity index (χ1n) is 5.99. The molecule has 4 nitrogen and oxygen atoms in total. The van der Waals surface area contributed by atoms with Crippen molar-refractivity contribution in [2.75, 3.05) is 33.2 Å². The number of piperazine rings is 1. The van der Waals surface area contributed by atoms with Crippen molar-refractivity contribution < 1.29 is 9.90 Å². The van der Waals surface area contributed by atoms with Crippen LogP contribution in [0.3, 0.4) is 0 Å². The number of nitrogens with zero attached hydrogens (tertiary/aromatic N) is 2. The second kappa shape index (κ2) is 5.82. The topological polar surface area (TPSA) is 43.8 Å². The first kappa shape index (κ1) is 13.5. The van der Waals surface area contributed by atoms with E-state index in [0.717, 1.165) is 38.3 Å². The number of carboxylic acids is 1. The van der Waals surface area contributed by atoms with Crippen LogP contribution in [0, 0.1) is 0 Å². The van der Waals surface area contributed by atoms with Crippen LogP contribution < -0.4 is 0 Å². The van der Waals surface area contributed by atoms with Gasteiger partial charge >= 0.3 is 5.97 Å². The fraction of sp³-hybridized carbons (Fsp3) is 0.462. The molecule has 0 atom stereocenters. The van der Waals surface area contributed by atoms with Crippen LogP contribution in [0.2, 0.25) is 0 Å². The van der Waals surface area contributed by atoms with Gasteiger partial charge in [-0.25, -0.2) is 4.79 Å². The molecule has 0 unspecified atom stereocenters. The van der Waals surface area contributed by atoms with E-state index in [1.54, 1.807) is 6.07 Å². The number of carboxylic acid groups (broad SMARTS) is 1. The molecule has 1 aromatic rings. The number of likely N-dealkylation sites (N-methyl/N-ethyl adjacent to an activating group) is 1. The van der Waals surface area contributed by atoms with E-state index in [-0.39, 0.29) is 0 Å². The molecule has 1 aliphatic rings. The normalized spacial score (nSPS) is 17.9. The highest BCUT2D eigenvalue weighted by molar-refractivity contribution is 9.10. The Hall–Kier alpha value is -0.910. The minimum atomic E-state index is -0.887. The summed E-state index contributed by atoms with van der Waals surface area (Å²) in [6, 6.07) is 5.55. The van der Waals surface area contributed by atoms with Crippen LogP contribution in [0.25, 0.3) is 0 Å². The molecule has 5 heteroatoms. The molecule has 0 aromatic heterocycles. The van der Waals surface area contributed by atoms with Crippen molar-refractivity contribution in [2.24, 2.45) is 0 Å². The van der Waals surface area contributed by atoms with Crippen molar-refractivity contribution >= 4 is 21.9 Å². The summed E-state index contributed by atoms with van der Waals surface area (Å²) < 4.78 is 0.636. The average Bonchev–Trinajstić information content (AvgIpc) is 2.34. The molecule has 0 amide bonds. The van der Waals surface area contributed by atoms with E-state index in [9.17, 15) is 4.79 Å². The lowest BCUT2D eigenvalue weighted by atomic mass is 10.1. The Balaban J connectivity index is 2.05. The van der Waals surface area contributed by atoms with E-state index in [2.05, 4.69) is 32.8 Å². The fourth-order valence-electron chi connectivity index (χ4n) is 2.10. The molecule has 1 aromatic carbocycles. The Morgan fingerprint density at radius 3 is 2.61 bits per heavy atom. The summed E-state index contributed by atoms with van der Waals surface area (Å²) in [7, 11) is 2.12. The summed E-state index contributed by atoms with van der Waals surface area (Å²) >= 11 is 3.26. The van der Waals surface area contributed by atoms with Gasteiger partial charge in [-0.3, -0.25) is 4.90 Å². The molecule has 1 fully saturated rings. The van der Waals surface area contributed by atoms with Gasteiger partial charge in [-0.1, -0.05) is 6.07 Å². The summed E-state index contributed by atoms with van der Waals surface area (Å²) in [5.74, 6) is -0.887. The van der Waals surface area contributed by atoms with E-state index in [0.29, 0.717) is 10.0 Å². The van der Waals surface area contributed by atoms with Gasteiger partial charge in [0.1, 0.15) is 0 Å². The Labute approximate surface area is 115 Å². The number of hydrogen-bond acceptors (Lipinski definition) is 3. The maximum atomic E-state index is 11.1. The second-order valence-corrected chi connectivity index (χ2v) is 5.55. The third-order valence-corrected chi connectivity index (χ3v) is 3.95. The molecule has 1 aliphatic heterocycles. The third kappa shape index (κ3) is 3.31. The predicted octanol–water partition coefficient (Wildman–Crippen LogP) is 1.89. The molecular weight excluding hydrogens is 296 g/mol. The molecule has 1 saturated heterocycles. The lowest BCUT2D eigenvalue weighted by Gasteiger charge is -2.32. The predicted molar refractivity (Wildman–Crippen MR) is 73.9 cm³/mol. The van der Waals surface area contributed by atoms with Crippen LogP contribution >= 0.6 is 15.9 Å². The van der Waals surface area contributed by atoms with Crippen molar-refractivity contribution in [2.45, 2.75) is 6.54 Å². The van der Waals surface area contributed by atoms with E-state index in [1.807, 2.05) is 12.1 Å². The first-order chi connectivity index (χ1) is 8.56. The molecule has 0 spiro atoms. The Morgan fingerprint density at radius 2 is 2.00 bits per heavy atom. The molecule has 18 heavy (non-hydrogen) atoms. The number of carbonyl (C=O) groups is 1. The molecule has 0 aliphatic carbocycles. The van der Waals surface area contributed by atoms with Crippen molar-refractivity contribution in [1.29, 1.82) is 0 Å². The lowest BCUT2D eigenvalue weighted by Crippen LogP contribution is -2.43. The smallest absolute Gasteiger partial charge is 0.336 e. The maximum Gasteiger partial charge on any atom is 0.336 e. The number of halogens is 1. The standard InChI is InChI=1S/C13H17BrN2O2/c1-15-4-6-16(7-5-15)9-10-2-3-12(14)11(8-10)13(17)18/h2-3,8H,4-7,9H2,1H3,(H,17,18). The summed E-state index contributed by atoms with van der Waals surface area (Å²) in [6.45, 7) is 5.04. The Kier molecular flexibility index (Phi) is 4.37. The fourth-order valence-corrected chi connectivity index (χ4v) is 2.52. The first-order valence-corrected chi connectivity index (χ1v) is 6.78. The number of rotatable bonds is 3. The van der Waals surface area contributed by atoms with Crippen LogP contribution in [0.15, 0.2) is 22.7 Å². The molecule has 98 valence electrons. The van der Waals surface area contributed by atoms with Gasteiger partial charge in [0.05, 0.1) is 5.56 Å². The van der Waals surface area contributed by atoms with Crippen LogP contribution in [0.5, 0.6) is 0 Å². The SMILES string of the molecule is CN1CCN(Cc2ccc(Br)c(C(=O)O)c2)CC1. The van der Waals surface area contributed by atoms with Gasteiger partial charge in [0.15, 0.2) is 0 Å². The van der Waals surface area contributed by atoms with Crippen molar-refractivity contribution in [3.63, 3.8) is 0 Å². The average molecular weight is 313 g/mol. The highest BCUT2D eigenvalue weighted by Crippen LogP contribution is 2.19. The molecule has 2 rings (SSSR count). The Morgan fingerprint density at radius 1 is 1.33 bits per heavy atom. The van der Waals surface area contributed by atoms with Crippen LogP contribution in [0.4, 0.5) is 0 Å². The van der Waals surface area contributed by atoms with Gasteiger partial charge in [0.2, 0.25) is 0 Å². The second-order valence-electron chi connectivity index (χ2n) is 4.70. The molecule has 0 saturated carbocycles. The molecule has 1 heterocycles. The van der Waals surface area contributed by atoms with Gasteiger partial charge in [-0.15, -0.1) is 0 Å². The number of hydrogen-bond donors (Lipinski definition) is 1. The van der Waals surface area contributed by atoms with Gasteiger partial charge in [-0.2, -0.15) is 0 Å². The molecular formula is C13H17BrN2O2. The monoisotopic (exact) mass is 312 g/mol. The minimum Gasteiger partial charge on any atom is -0.478 e. The highest BCUT2D eigenvalue weighted by Gasteiger charge is 2.15. The zero-order valence-electron chi connectivity index (χ0n) is 10.4. The highest BCUT2D eigenvalue weighted by atomic mass is 79.9. The van der Waals surface area contributed by atoms with Gasteiger partial charge in [0, 0.05) is 37.2 Å².